The predicted octanol–water partition coefficient (Wildman–Crippen LogP) is 2.37. The molecule has 0 saturated heterocycles. The van der Waals surface area contributed by atoms with E-state index >= 15 is 0 Å². The van der Waals surface area contributed by atoms with E-state index in [4.69, 9.17) is 14.6 Å². The van der Waals surface area contributed by atoms with Crippen molar-refractivity contribution in [3.8, 4) is 0 Å². The zero-order chi connectivity index (χ0) is 13.5. The summed E-state index contributed by atoms with van der Waals surface area (Å²) in [6.07, 6.45) is -0.607. The molecule has 0 aromatic heterocycles. The molecule has 17 heavy (non-hydrogen) atoms. The van der Waals surface area contributed by atoms with E-state index in [1.807, 2.05) is 6.92 Å². The number of aliphatic carboxylic acids is 1. The van der Waals surface area contributed by atoms with Gasteiger partial charge in [0, 0.05) is 0 Å². The number of halogens is 3. The Bertz CT molecular complexity index is 257. The van der Waals surface area contributed by atoms with Gasteiger partial charge in [-0.1, -0.05) is 12.8 Å². The van der Waals surface area contributed by atoms with Gasteiger partial charge in [-0.15, -0.1) is 0 Å². The minimum atomic E-state index is -5.08. The highest BCUT2D eigenvalue weighted by atomic mass is 19.4. The quantitative estimate of drug-likeness (QED) is 0.770. The maximum atomic E-state index is 11.0. The molecule has 0 spiro atoms. The van der Waals surface area contributed by atoms with Gasteiger partial charge in [0.2, 0.25) is 0 Å². The number of carbonyl (C=O) groups excluding carboxylic acids is 1. The summed E-state index contributed by atoms with van der Waals surface area (Å²) in [5.41, 5.74) is 0. The Morgan fingerprint density at radius 2 is 1.71 bits per heavy atom. The Balaban J connectivity index is 0.000000325. The average Bonchev–Trinajstić information content (AvgIpc) is 2.70. The van der Waals surface area contributed by atoms with Gasteiger partial charge in [-0.25, -0.2) is 4.79 Å². The predicted molar refractivity (Wildman–Crippen MR) is 52.3 cm³/mol. The second kappa shape index (κ2) is 7.13. The first kappa shape index (κ1) is 15.7. The summed E-state index contributed by atoms with van der Waals surface area (Å²) in [5, 5.41) is 7.12. The van der Waals surface area contributed by atoms with Crippen molar-refractivity contribution in [2.24, 2.45) is 5.92 Å². The van der Waals surface area contributed by atoms with Gasteiger partial charge in [-0.05, 0) is 19.8 Å². The summed E-state index contributed by atoms with van der Waals surface area (Å²) in [5.74, 6) is -2.52. The van der Waals surface area contributed by atoms with E-state index in [0.29, 0.717) is 6.61 Å². The molecular formula is C10H15F3O4. The van der Waals surface area contributed by atoms with Crippen molar-refractivity contribution >= 4 is 11.9 Å². The van der Waals surface area contributed by atoms with E-state index in [9.17, 15) is 18.0 Å². The first-order valence-electron chi connectivity index (χ1n) is 5.25. The molecule has 0 aliphatic heterocycles. The molecule has 4 nitrogen and oxygen atoms in total. The lowest BCUT2D eigenvalue weighted by Gasteiger charge is -2.06. The molecule has 100 valence electrons. The second-order valence-electron chi connectivity index (χ2n) is 3.54. The Morgan fingerprint density at radius 1 is 1.29 bits per heavy atom. The summed E-state index contributed by atoms with van der Waals surface area (Å²) in [6.45, 7) is 2.38. The van der Waals surface area contributed by atoms with Gasteiger partial charge in [0.1, 0.15) is 0 Å². The van der Waals surface area contributed by atoms with Crippen LogP contribution in [0.4, 0.5) is 13.2 Å². The molecule has 1 fully saturated rings. The standard InChI is InChI=1S/C8H14O2.C2HF3O2/c1-2-10-8(9)7-5-3-4-6-7;3-2(4,5)1(6)7/h7H,2-6H2,1H3;(H,6,7). The van der Waals surface area contributed by atoms with E-state index in [-0.39, 0.29) is 11.9 Å². The number of carboxylic acid groups (broad SMARTS) is 1. The van der Waals surface area contributed by atoms with Gasteiger partial charge >= 0.3 is 18.1 Å². The normalized spacial score (nSPS) is 16.0. The molecule has 0 aromatic carbocycles. The fraction of sp³-hybridized carbons (Fsp3) is 0.800. The summed E-state index contributed by atoms with van der Waals surface area (Å²) >= 11 is 0. The monoisotopic (exact) mass is 256 g/mol. The number of carboxylic acids is 1. The van der Waals surface area contributed by atoms with Gasteiger partial charge < -0.3 is 9.84 Å². The first-order valence-corrected chi connectivity index (χ1v) is 5.25. The number of ether oxygens (including phenoxy) is 1. The van der Waals surface area contributed by atoms with Gasteiger partial charge in [-0.3, -0.25) is 4.79 Å². The molecule has 1 aliphatic rings. The van der Waals surface area contributed by atoms with E-state index in [1.165, 1.54) is 12.8 Å². The van der Waals surface area contributed by atoms with Crippen molar-refractivity contribution in [3.63, 3.8) is 0 Å². The van der Waals surface area contributed by atoms with Crippen LogP contribution >= 0.6 is 0 Å². The molecule has 0 bridgehead atoms. The molecule has 0 unspecified atom stereocenters. The lowest BCUT2D eigenvalue weighted by molar-refractivity contribution is -0.192. The molecule has 7 heteroatoms. The molecular weight excluding hydrogens is 241 g/mol. The third kappa shape index (κ3) is 6.80. The van der Waals surface area contributed by atoms with Crippen molar-refractivity contribution in [1.82, 2.24) is 0 Å². The number of alkyl halides is 3. The molecule has 0 atom stereocenters. The maximum Gasteiger partial charge on any atom is 0.490 e. The van der Waals surface area contributed by atoms with Crippen LogP contribution < -0.4 is 0 Å². The summed E-state index contributed by atoms with van der Waals surface area (Å²) in [6, 6.07) is 0. The van der Waals surface area contributed by atoms with Crippen LogP contribution in [-0.2, 0) is 14.3 Å². The molecule has 1 aliphatic carbocycles. The smallest absolute Gasteiger partial charge is 0.475 e. The van der Waals surface area contributed by atoms with E-state index < -0.39 is 12.1 Å². The molecule has 0 radical (unpaired) electrons. The van der Waals surface area contributed by atoms with Crippen molar-refractivity contribution in [3.05, 3.63) is 0 Å². The maximum absolute atomic E-state index is 11.0. The lowest BCUT2D eigenvalue weighted by atomic mass is 10.1. The second-order valence-corrected chi connectivity index (χ2v) is 3.54. The third-order valence-electron chi connectivity index (χ3n) is 2.22. The van der Waals surface area contributed by atoms with Crippen LogP contribution in [0.1, 0.15) is 32.6 Å². The minimum absolute atomic E-state index is 0.0139. The third-order valence-corrected chi connectivity index (χ3v) is 2.22. The highest BCUT2D eigenvalue weighted by Gasteiger charge is 2.38. The van der Waals surface area contributed by atoms with Crippen LogP contribution in [-0.4, -0.2) is 29.8 Å². The molecule has 1 rings (SSSR count). The fourth-order valence-electron chi connectivity index (χ4n) is 1.42. The average molecular weight is 256 g/mol. The van der Waals surface area contributed by atoms with E-state index in [1.54, 1.807) is 0 Å². The van der Waals surface area contributed by atoms with Crippen molar-refractivity contribution in [2.45, 2.75) is 38.8 Å². The summed E-state index contributed by atoms with van der Waals surface area (Å²) < 4.78 is 36.6. The first-order chi connectivity index (χ1) is 7.79. The van der Waals surface area contributed by atoms with Crippen molar-refractivity contribution in [2.75, 3.05) is 6.61 Å². The van der Waals surface area contributed by atoms with Crippen LogP contribution in [0.15, 0.2) is 0 Å². The summed E-state index contributed by atoms with van der Waals surface area (Å²) in [4.78, 5) is 19.9. The van der Waals surface area contributed by atoms with E-state index in [2.05, 4.69) is 0 Å². The Kier molecular flexibility index (Phi) is 6.60. The molecule has 0 aromatic rings. The van der Waals surface area contributed by atoms with Gasteiger partial charge in [0.15, 0.2) is 0 Å². The van der Waals surface area contributed by atoms with Crippen molar-refractivity contribution < 1.29 is 32.6 Å². The molecule has 1 saturated carbocycles. The zero-order valence-corrected chi connectivity index (χ0v) is 9.42. The Hall–Kier alpha value is -1.27. The highest BCUT2D eigenvalue weighted by molar-refractivity contribution is 5.73. The summed E-state index contributed by atoms with van der Waals surface area (Å²) in [7, 11) is 0. The lowest BCUT2D eigenvalue weighted by Crippen LogP contribution is -2.21. The van der Waals surface area contributed by atoms with Crippen LogP contribution in [0.25, 0.3) is 0 Å². The van der Waals surface area contributed by atoms with Crippen LogP contribution in [0.5, 0.6) is 0 Å². The topological polar surface area (TPSA) is 63.6 Å². The number of hydrogen-bond donors (Lipinski definition) is 1. The number of carbonyl (C=O) groups is 2. The van der Waals surface area contributed by atoms with Crippen molar-refractivity contribution in [1.29, 1.82) is 0 Å². The Morgan fingerprint density at radius 3 is 2.00 bits per heavy atom. The molecule has 0 heterocycles. The number of rotatable bonds is 2. The Labute approximate surface area is 96.8 Å². The number of hydrogen-bond acceptors (Lipinski definition) is 3. The largest absolute Gasteiger partial charge is 0.490 e. The molecule has 0 amide bonds. The van der Waals surface area contributed by atoms with Crippen LogP contribution in [0.2, 0.25) is 0 Å². The van der Waals surface area contributed by atoms with E-state index in [0.717, 1.165) is 12.8 Å². The fourth-order valence-corrected chi connectivity index (χ4v) is 1.42. The van der Waals surface area contributed by atoms with Gasteiger partial charge in [-0.2, -0.15) is 13.2 Å². The number of esters is 1. The highest BCUT2D eigenvalue weighted by Crippen LogP contribution is 2.25. The van der Waals surface area contributed by atoms with Gasteiger partial charge in [0.25, 0.3) is 0 Å². The minimum Gasteiger partial charge on any atom is -0.475 e. The SMILES string of the molecule is CCOC(=O)C1CCCC1.O=C(O)C(F)(F)F. The molecule has 1 N–H and O–H groups in total. The van der Waals surface area contributed by atoms with Crippen LogP contribution in [0, 0.1) is 5.92 Å². The van der Waals surface area contributed by atoms with Gasteiger partial charge in [0.05, 0.1) is 12.5 Å². The van der Waals surface area contributed by atoms with Crippen LogP contribution in [0.3, 0.4) is 0 Å². The zero-order valence-electron chi connectivity index (χ0n) is 9.42.